The third-order valence-electron chi connectivity index (χ3n) is 5.43. The first kappa shape index (κ1) is 22.7. The number of hydrogen-bond donors (Lipinski definition) is 6. The van der Waals surface area contributed by atoms with Crippen molar-refractivity contribution in [3.05, 3.63) is 40.6 Å². The molecule has 1 aromatic heterocycles. The molecule has 11 heteroatoms. The SMILES string of the molecule is COc1c(O[C@@H]2O[C@@H](C)[C@@H](O)[C@@H](O)[C@H]2O)cc2oc(-c3ccc(O)c(O)c3)cc(=O)c2c1O. The van der Waals surface area contributed by atoms with Crippen LogP contribution < -0.4 is 14.9 Å². The van der Waals surface area contributed by atoms with E-state index >= 15 is 0 Å². The minimum Gasteiger partial charge on any atom is -0.504 e. The molecule has 3 aromatic rings. The number of aliphatic hydroxyl groups is 3. The average molecular weight is 462 g/mol. The normalized spacial score (nSPS) is 25.2. The van der Waals surface area contributed by atoms with Crippen molar-refractivity contribution in [1.82, 2.24) is 0 Å². The van der Waals surface area contributed by atoms with Crippen LogP contribution in [-0.4, -0.2) is 68.5 Å². The molecular weight excluding hydrogens is 440 g/mol. The van der Waals surface area contributed by atoms with E-state index in [1.54, 1.807) is 0 Å². The van der Waals surface area contributed by atoms with E-state index in [9.17, 15) is 35.4 Å². The highest BCUT2D eigenvalue weighted by Gasteiger charge is 2.43. The molecule has 5 atom stereocenters. The van der Waals surface area contributed by atoms with Crippen molar-refractivity contribution in [1.29, 1.82) is 0 Å². The van der Waals surface area contributed by atoms with Crippen molar-refractivity contribution in [3.63, 3.8) is 0 Å². The Morgan fingerprint density at radius 1 is 0.939 bits per heavy atom. The molecule has 0 amide bonds. The first-order chi connectivity index (χ1) is 15.6. The number of fused-ring (bicyclic) bond motifs is 1. The Kier molecular flexibility index (Phi) is 5.80. The van der Waals surface area contributed by atoms with Crippen LogP contribution in [0.2, 0.25) is 0 Å². The maximum absolute atomic E-state index is 12.7. The molecule has 1 fully saturated rings. The monoisotopic (exact) mass is 462 g/mol. The van der Waals surface area contributed by atoms with Gasteiger partial charge in [0.25, 0.3) is 0 Å². The van der Waals surface area contributed by atoms with Crippen LogP contribution >= 0.6 is 0 Å². The van der Waals surface area contributed by atoms with Gasteiger partial charge in [-0.2, -0.15) is 0 Å². The average Bonchev–Trinajstić information content (AvgIpc) is 2.77. The molecular formula is C22H22O11. The summed E-state index contributed by atoms with van der Waals surface area (Å²) in [5.41, 5.74) is -0.460. The molecule has 11 nitrogen and oxygen atoms in total. The summed E-state index contributed by atoms with van der Waals surface area (Å²) in [6.07, 6.45) is -6.83. The Morgan fingerprint density at radius 2 is 1.67 bits per heavy atom. The lowest BCUT2D eigenvalue weighted by Gasteiger charge is -2.39. The second-order valence-corrected chi connectivity index (χ2v) is 7.61. The number of methoxy groups -OCH3 is 1. The van der Waals surface area contributed by atoms with Crippen LogP contribution in [0.15, 0.2) is 39.5 Å². The second kappa shape index (κ2) is 8.45. The number of phenols is 3. The first-order valence-corrected chi connectivity index (χ1v) is 9.88. The number of phenolic OH excluding ortho intramolecular Hbond substituents is 3. The van der Waals surface area contributed by atoms with Gasteiger partial charge in [-0.1, -0.05) is 0 Å². The lowest BCUT2D eigenvalue weighted by atomic mass is 10.00. The fraction of sp³-hybridized carbons (Fsp3) is 0.318. The number of aromatic hydroxyl groups is 3. The maximum Gasteiger partial charge on any atom is 0.229 e. The molecule has 2 aromatic carbocycles. The highest BCUT2D eigenvalue weighted by molar-refractivity contribution is 5.89. The van der Waals surface area contributed by atoms with Gasteiger partial charge in [-0.25, -0.2) is 0 Å². The van der Waals surface area contributed by atoms with Gasteiger partial charge in [-0.05, 0) is 25.1 Å². The van der Waals surface area contributed by atoms with Crippen LogP contribution in [0.1, 0.15) is 6.92 Å². The van der Waals surface area contributed by atoms with Crippen molar-refractivity contribution in [2.45, 2.75) is 37.6 Å². The fourth-order valence-corrected chi connectivity index (χ4v) is 3.60. The molecule has 1 aliphatic rings. The zero-order chi connectivity index (χ0) is 24.0. The molecule has 6 N–H and O–H groups in total. The van der Waals surface area contributed by atoms with Crippen LogP contribution in [0.3, 0.4) is 0 Å². The van der Waals surface area contributed by atoms with Gasteiger partial charge >= 0.3 is 0 Å². The second-order valence-electron chi connectivity index (χ2n) is 7.61. The summed E-state index contributed by atoms with van der Waals surface area (Å²) in [4.78, 5) is 12.7. The van der Waals surface area contributed by atoms with Crippen molar-refractivity contribution in [3.8, 4) is 40.1 Å². The maximum atomic E-state index is 12.7. The summed E-state index contributed by atoms with van der Waals surface area (Å²) in [6.45, 7) is 1.48. The molecule has 0 spiro atoms. The van der Waals surface area contributed by atoms with E-state index in [1.165, 1.54) is 38.3 Å². The summed E-state index contributed by atoms with van der Waals surface area (Å²) >= 11 is 0. The van der Waals surface area contributed by atoms with Crippen molar-refractivity contribution in [2.24, 2.45) is 0 Å². The van der Waals surface area contributed by atoms with E-state index in [-0.39, 0.29) is 39.5 Å². The number of aliphatic hydroxyl groups excluding tert-OH is 3. The van der Waals surface area contributed by atoms with Gasteiger partial charge in [0.2, 0.25) is 12.0 Å². The Balaban J connectivity index is 1.81. The third kappa shape index (κ3) is 3.91. The highest BCUT2D eigenvalue weighted by Crippen LogP contribution is 2.43. The minimum atomic E-state index is -1.63. The summed E-state index contributed by atoms with van der Waals surface area (Å²) in [5.74, 6) is -1.75. The molecule has 0 radical (unpaired) electrons. The quantitative estimate of drug-likeness (QED) is 0.302. The predicted octanol–water partition coefficient (Wildman–Crippen LogP) is 0.792. The third-order valence-corrected chi connectivity index (χ3v) is 5.43. The van der Waals surface area contributed by atoms with Crippen molar-refractivity contribution >= 4 is 11.0 Å². The van der Waals surface area contributed by atoms with E-state index in [1.807, 2.05) is 0 Å². The molecule has 2 heterocycles. The molecule has 1 aliphatic heterocycles. The lowest BCUT2D eigenvalue weighted by molar-refractivity contribution is -0.268. The van der Waals surface area contributed by atoms with Gasteiger partial charge in [0.1, 0.15) is 35.0 Å². The standard InChI is InChI=1S/C22H22O11/c1-8-17(26)19(28)20(29)22(31-8)33-15-7-14-16(18(27)21(15)30-2)12(25)6-13(32-14)9-3-4-10(23)11(24)5-9/h3-8,17,19-20,22-24,26-29H,1-2H3/t8-,17+,19+,20+,22-/m0/s1. The molecule has 0 aliphatic carbocycles. The molecule has 33 heavy (non-hydrogen) atoms. The minimum absolute atomic E-state index is 0.0273. The first-order valence-electron chi connectivity index (χ1n) is 9.88. The lowest BCUT2D eigenvalue weighted by Crippen LogP contribution is -2.58. The molecule has 0 saturated carbocycles. The summed E-state index contributed by atoms with van der Waals surface area (Å²) in [6, 6.07) is 6.16. The van der Waals surface area contributed by atoms with Crippen molar-refractivity contribution < 1.29 is 49.3 Å². The summed E-state index contributed by atoms with van der Waals surface area (Å²) < 4.78 is 21.9. The molecule has 0 bridgehead atoms. The van der Waals surface area contributed by atoms with E-state index < -0.39 is 47.6 Å². The zero-order valence-corrected chi connectivity index (χ0v) is 17.5. The molecule has 176 valence electrons. The predicted molar refractivity (Wildman–Crippen MR) is 112 cm³/mol. The Bertz CT molecular complexity index is 1250. The van der Waals surface area contributed by atoms with Crippen LogP contribution in [0, 0.1) is 0 Å². The molecule has 0 unspecified atom stereocenters. The number of hydrogen-bond acceptors (Lipinski definition) is 11. The number of benzene rings is 2. The highest BCUT2D eigenvalue weighted by atomic mass is 16.7. The van der Waals surface area contributed by atoms with Crippen molar-refractivity contribution in [2.75, 3.05) is 7.11 Å². The Morgan fingerprint density at radius 3 is 2.33 bits per heavy atom. The molecule has 1 saturated heterocycles. The van der Waals surface area contributed by atoms with E-state index in [4.69, 9.17) is 18.6 Å². The fourth-order valence-electron chi connectivity index (χ4n) is 3.60. The van der Waals surface area contributed by atoms with E-state index in [0.717, 1.165) is 6.07 Å². The van der Waals surface area contributed by atoms with Crippen LogP contribution in [0.5, 0.6) is 28.7 Å². The summed E-state index contributed by atoms with van der Waals surface area (Å²) in [7, 11) is 1.22. The van der Waals surface area contributed by atoms with Gasteiger partial charge in [-0.15, -0.1) is 0 Å². The van der Waals surface area contributed by atoms with E-state index in [0.29, 0.717) is 0 Å². The molecule has 4 rings (SSSR count). The van der Waals surface area contributed by atoms with Gasteiger partial charge in [0.15, 0.2) is 28.4 Å². The number of ether oxygens (including phenoxy) is 3. The zero-order valence-electron chi connectivity index (χ0n) is 17.5. The van der Waals surface area contributed by atoms with Gasteiger partial charge < -0.3 is 49.3 Å². The number of rotatable bonds is 4. The Hall–Kier alpha value is -3.51. The van der Waals surface area contributed by atoms with Gasteiger partial charge in [0, 0.05) is 17.7 Å². The van der Waals surface area contributed by atoms with Crippen LogP contribution in [0.25, 0.3) is 22.3 Å². The Labute approximate surface area is 186 Å². The van der Waals surface area contributed by atoms with Crippen LogP contribution in [0.4, 0.5) is 0 Å². The topological polar surface area (TPSA) is 179 Å². The van der Waals surface area contributed by atoms with E-state index in [2.05, 4.69) is 0 Å². The van der Waals surface area contributed by atoms with Gasteiger partial charge in [-0.3, -0.25) is 4.79 Å². The largest absolute Gasteiger partial charge is 0.504 e. The smallest absolute Gasteiger partial charge is 0.229 e. The van der Waals surface area contributed by atoms with Gasteiger partial charge in [0.05, 0.1) is 13.2 Å². The van der Waals surface area contributed by atoms with Crippen LogP contribution in [-0.2, 0) is 4.74 Å². The summed E-state index contributed by atoms with van der Waals surface area (Å²) in [5, 5.41) is 59.8.